The summed E-state index contributed by atoms with van der Waals surface area (Å²) in [6, 6.07) is 6.23. The molecule has 0 spiro atoms. The van der Waals surface area contributed by atoms with E-state index in [1.807, 2.05) is 0 Å². The zero-order chi connectivity index (χ0) is 9.84. The summed E-state index contributed by atoms with van der Waals surface area (Å²) in [5.41, 5.74) is 7.90. The summed E-state index contributed by atoms with van der Waals surface area (Å²) in [6.07, 6.45) is 0. The van der Waals surface area contributed by atoms with Crippen LogP contribution in [-0.4, -0.2) is 13.6 Å². The lowest BCUT2D eigenvalue weighted by Crippen LogP contribution is -2.16. The molecule has 0 bridgehead atoms. The van der Waals surface area contributed by atoms with Gasteiger partial charge in [-0.1, -0.05) is 6.07 Å². The van der Waals surface area contributed by atoms with Crippen molar-refractivity contribution >= 4 is 21.6 Å². The van der Waals surface area contributed by atoms with Crippen LogP contribution in [-0.2, 0) is 6.54 Å². The molecule has 1 aromatic carbocycles. The maximum Gasteiger partial charge on any atom is 0.0508 e. The van der Waals surface area contributed by atoms with Crippen molar-refractivity contribution in [3.63, 3.8) is 0 Å². The molecule has 72 valence electrons. The minimum Gasteiger partial charge on any atom is -0.374 e. The van der Waals surface area contributed by atoms with Crippen LogP contribution in [0.4, 0.5) is 5.69 Å². The molecule has 1 aromatic rings. The number of nitrogens with zero attached hydrogens (tertiary/aromatic N) is 1. The second-order valence-corrected chi connectivity index (χ2v) is 3.86. The Balaban J connectivity index is 2.98. The first-order valence-electron chi connectivity index (χ1n) is 4.38. The zero-order valence-electron chi connectivity index (χ0n) is 8.05. The minimum atomic E-state index is 0.592. The Labute approximate surface area is 87.9 Å². The fourth-order valence-corrected chi connectivity index (χ4v) is 1.89. The summed E-state index contributed by atoms with van der Waals surface area (Å²) < 4.78 is 1.11. The molecule has 0 saturated heterocycles. The molecule has 13 heavy (non-hydrogen) atoms. The number of benzene rings is 1. The third-order valence-corrected chi connectivity index (χ3v) is 2.77. The van der Waals surface area contributed by atoms with Gasteiger partial charge in [-0.05, 0) is 40.5 Å². The Morgan fingerprint density at radius 1 is 1.46 bits per heavy atom. The second kappa shape index (κ2) is 4.63. The van der Waals surface area contributed by atoms with Crippen molar-refractivity contribution in [2.24, 2.45) is 5.73 Å². The quantitative estimate of drug-likeness (QED) is 0.883. The Morgan fingerprint density at radius 2 is 2.15 bits per heavy atom. The van der Waals surface area contributed by atoms with Gasteiger partial charge in [-0.3, -0.25) is 0 Å². The van der Waals surface area contributed by atoms with Crippen LogP contribution in [0.2, 0.25) is 0 Å². The molecule has 0 radical (unpaired) electrons. The fraction of sp³-hybridized carbons (Fsp3) is 0.400. The van der Waals surface area contributed by atoms with Crippen LogP contribution in [0.25, 0.3) is 0 Å². The number of rotatable bonds is 3. The first-order valence-corrected chi connectivity index (χ1v) is 5.18. The van der Waals surface area contributed by atoms with Crippen molar-refractivity contribution in [2.45, 2.75) is 13.5 Å². The monoisotopic (exact) mass is 242 g/mol. The first-order chi connectivity index (χ1) is 6.19. The number of nitrogens with two attached hydrogens (primary N) is 1. The highest BCUT2D eigenvalue weighted by Gasteiger charge is 2.03. The van der Waals surface area contributed by atoms with E-state index in [4.69, 9.17) is 5.73 Å². The fourth-order valence-electron chi connectivity index (χ4n) is 1.16. The molecule has 1 rings (SSSR count). The maximum absolute atomic E-state index is 5.54. The molecule has 0 aliphatic carbocycles. The van der Waals surface area contributed by atoms with E-state index < -0.39 is 0 Å². The van der Waals surface area contributed by atoms with Crippen LogP contribution in [0, 0.1) is 0 Å². The normalized spacial score (nSPS) is 10.2. The third-order valence-electron chi connectivity index (χ3n) is 2.13. The van der Waals surface area contributed by atoms with Crippen molar-refractivity contribution in [1.82, 2.24) is 0 Å². The van der Waals surface area contributed by atoms with Crippen LogP contribution in [0.15, 0.2) is 22.7 Å². The molecule has 0 aliphatic rings. The van der Waals surface area contributed by atoms with Crippen LogP contribution in [0.3, 0.4) is 0 Å². The summed E-state index contributed by atoms with van der Waals surface area (Å²) in [5.74, 6) is 0. The van der Waals surface area contributed by atoms with Gasteiger partial charge in [0.1, 0.15) is 0 Å². The molecule has 2 nitrogen and oxygen atoms in total. The van der Waals surface area contributed by atoms with E-state index in [9.17, 15) is 0 Å². The van der Waals surface area contributed by atoms with Gasteiger partial charge < -0.3 is 10.6 Å². The van der Waals surface area contributed by atoms with E-state index in [0.29, 0.717) is 6.54 Å². The molecular formula is C10H15BrN2. The summed E-state index contributed by atoms with van der Waals surface area (Å²) in [7, 11) is 2.07. The van der Waals surface area contributed by atoms with Crippen LogP contribution in [0.1, 0.15) is 12.5 Å². The van der Waals surface area contributed by atoms with Gasteiger partial charge in [0.25, 0.3) is 0 Å². The Kier molecular flexibility index (Phi) is 3.75. The molecule has 0 aliphatic heterocycles. The van der Waals surface area contributed by atoms with Crippen LogP contribution < -0.4 is 10.6 Å². The predicted molar refractivity (Wildman–Crippen MR) is 61.0 cm³/mol. The predicted octanol–water partition coefficient (Wildman–Crippen LogP) is 2.36. The smallest absolute Gasteiger partial charge is 0.0508 e. The number of hydrogen-bond donors (Lipinski definition) is 1. The Bertz CT molecular complexity index is 286. The molecular weight excluding hydrogens is 228 g/mol. The first kappa shape index (κ1) is 10.5. The van der Waals surface area contributed by atoms with Crippen molar-refractivity contribution < 1.29 is 0 Å². The third kappa shape index (κ3) is 2.45. The minimum absolute atomic E-state index is 0.592. The molecule has 0 fully saturated rings. The lowest BCUT2D eigenvalue weighted by Gasteiger charge is -2.18. The van der Waals surface area contributed by atoms with Gasteiger partial charge in [-0.2, -0.15) is 0 Å². The molecule has 0 amide bonds. The second-order valence-electron chi connectivity index (χ2n) is 3.00. The summed E-state index contributed by atoms with van der Waals surface area (Å²) >= 11 is 3.53. The van der Waals surface area contributed by atoms with Crippen molar-refractivity contribution in [3.8, 4) is 0 Å². The van der Waals surface area contributed by atoms with Gasteiger partial charge in [-0.25, -0.2) is 0 Å². The van der Waals surface area contributed by atoms with E-state index >= 15 is 0 Å². The average Bonchev–Trinajstić information content (AvgIpc) is 2.16. The molecule has 0 heterocycles. The van der Waals surface area contributed by atoms with Gasteiger partial charge in [0.05, 0.1) is 5.69 Å². The van der Waals surface area contributed by atoms with E-state index in [-0.39, 0.29) is 0 Å². The molecule has 2 N–H and O–H groups in total. The molecule has 3 heteroatoms. The van der Waals surface area contributed by atoms with Gasteiger partial charge in [0, 0.05) is 24.6 Å². The lowest BCUT2D eigenvalue weighted by atomic mass is 10.2. The largest absolute Gasteiger partial charge is 0.374 e. The van der Waals surface area contributed by atoms with E-state index in [1.165, 1.54) is 5.69 Å². The van der Waals surface area contributed by atoms with E-state index in [1.54, 1.807) is 0 Å². The molecule has 0 aromatic heterocycles. The van der Waals surface area contributed by atoms with Gasteiger partial charge in [-0.15, -0.1) is 0 Å². The lowest BCUT2D eigenvalue weighted by molar-refractivity contribution is 0.961. The van der Waals surface area contributed by atoms with Crippen molar-refractivity contribution in [3.05, 3.63) is 28.2 Å². The SMILES string of the molecule is CCN(C)c1ccc(CN)cc1Br. The van der Waals surface area contributed by atoms with Crippen LogP contribution in [0.5, 0.6) is 0 Å². The van der Waals surface area contributed by atoms with Crippen LogP contribution >= 0.6 is 15.9 Å². The van der Waals surface area contributed by atoms with Gasteiger partial charge in [0.2, 0.25) is 0 Å². The molecule has 0 unspecified atom stereocenters. The van der Waals surface area contributed by atoms with E-state index in [0.717, 1.165) is 16.6 Å². The number of hydrogen-bond acceptors (Lipinski definition) is 2. The van der Waals surface area contributed by atoms with Crippen molar-refractivity contribution in [1.29, 1.82) is 0 Å². The highest BCUT2D eigenvalue weighted by Crippen LogP contribution is 2.26. The summed E-state index contributed by atoms with van der Waals surface area (Å²) in [6.45, 7) is 3.72. The maximum atomic E-state index is 5.54. The summed E-state index contributed by atoms with van der Waals surface area (Å²) in [4.78, 5) is 2.18. The zero-order valence-corrected chi connectivity index (χ0v) is 9.63. The number of anilines is 1. The Morgan fingerprint density at radius 3 is 2.62 bits per heavy atom. The highest BCUT2D eigenvalue weighted by atomic mass is 79.9. The average molecular weight is 243 g/mol. The van der Waals surface area contributed by atoms with E-state index in [2.05, 4.69) is 53.0 Å². The topological polar surface area (TPSA) is 29.3 Å². The Hall–Kier alpha value is -0.540. The molecule has 0 saturated carbocycles. The molecule has 0 atom stereocenters. The van der Waals surface area contributed by atoms with Crippen molar-refractivity contribution in [2.75, 3.05) is 18.5 Å². The van der Waals surface area contributed by atoms with Gasteiger partial charge >= 0.3 is 0 Å². The number of halogens is 1. The standard InChI is InChI=1S/C10H15BrN2/c1-3-13(2)10-5-4-8(7-12)6-9(10)11/h4-6H,3,7,12H2,1-2H3. The summed E-state index contributed by atoms with van der Waals surface area (Å²) in [5, 5.41) is 0. The van der Waals surface area contributed by atoms with Gasteiger partial charge in [0.15, 0.2) is 0 Å². The highest BCUT2D eigenvalue weighted by molar-refractivity contribution is 9.10.